The monoisotopic (exact) mass is 269 g/mol. The summed E-state index contributed by atoms with van der Waals surface area (Å²) in [5.41, 5.74) is -0.930. The van der Waals surface area contributed by atoms with Gasteiger partial charge in [-0.15, -0.1) is 0 Å². The van der Waals surface area contributed by atoms with Crippen LogP contribution in [0.4, 0.5) is 4.39 Å². The summed E-state index contributed by atoms with van der Waals surface area (Å²) < 4.78 is 18.1. The Kier molecular flexibility index (Phi) is 5.76. The SMILES string of the molecule is CCCC(C)(NCCOc1ccc(F)cc1)C(=O)O. The van der Waals surface area contributed by atoms with Crippen LogP contribution in [-0.2, 0) is 4.79 Å². The maximum absolute atomic E-state index is 12.7. The molecule has 1 rings (SSSR count). The van der Waals surface area contributed by atoms with Crippen molar-refractivity contribution < 1.29 is 19.0 Å². The number of hydrogen-bond donors (Lipinski definition) is 2. The van der Waals surface area contributed by atoms with E-state index in [0.29, 0.717) is 25.3 Å². The standard InChI is InChI=1S/C14H20FNO3/c1-3-8-14(2,13(17)18)16-9-10-19-12-6-4-11(15)5-7-12/h4-7,16H,3,8-10H2,1-2H3,(H,17,18). The van der Waals surface area contributed by atoms with Crippen LogP contribution in [0.1, 0.15) is 26.7 Å². The lowest BCUT2D eigenvalue weighted by atomic mass is 9.96. The van der Waals surface area contributed by atoms with Gasteiger partial charge in [-0.25, -0.2) is 4.39 Å². The molecule has 0 fully saturated rings. The maximum atomic E-state index is 12.7. The van der Waals surface area contributed by atoms with E-state index in [2.05, 4.69) is 5.32 Å². The molecule has 0 aliphatic rings. The molecule has 0 bridgehead atoms. The number of nitrogens with one attached hydrogen (secondary N) is 1. The molecule has 0 heterocycles. The van der Waals surface area contributed by atoms with Crippen LogP contribution < -0.4 is 10.1 Å². The molecule has 1 aromatic carbocycles. The molecule has 19 heavy (non-hydrogen) atoms. The molecule has 0 radical (unpaired) electrons. The fourth-order valence-corrected chi connectivity index (χ4v) is 1.80. The second-order valence-corrected chi connectivity index (χ2v) is 4.62. The molecule has 0 saturated heterocycles. The van der Waals surface area contributed by atoms with Crippen LogP contribution in [0.3, 0.4) is 0 Å². The summed E-state index contributed by atoms with van der Waals surface area (Å²) >= 11 is 0. The summed E-state index contributed by atoms with van der Waals surface area (Å²) in [6, 6.07) is 5.72. The number of carboxylic acid groups (broad SMARTS) is 1. The van der Waals surface area contributed by atoms with Crippen molar-refractivity contribution in [2.24, 2.45) is 0 Å². The molecule has 0 aliphatic carbocycles. The molecule has 0 spiro atoms. The first kappa shape index (κ1) is 15.4. The Morgan fingerprint density at radius 3 is 2.58 bits per heavy atom. The quantitative estimate of drug-likeness (QED) is 0.712. The Balaban J connectivity index is 2.36. The van der Waals surface area contributed by atoms with E-state index in [0.717, 1.165) is 6.42 Å². The van der Waals surface area contributed by atoms with Gasteiger partial charge in [-0.3, -0.25) is 10.1 Å². The third-order valence-corrected chi connectivity index (χ3v) is 2.92. The third kappa shape index (κ3) is 4.87. The number of hydrogen-bond acceptors (Lipinski definition) is 3. The van der Waals surface area contributed by atoms with E-state index in [1.54, 1.807) is 6.92 Å². The smallest absolute Gasteiger partial charge is 0.323 e. The topological polar surface area (TPSA) is 58.6 Å². The number of carbonyl (C=O) groups is 1. The molecule has 4 nitrogen and oxygen atoms in total. The molecule has 1 aromatic rings. The summed E-state index contributed by atoms with van der Waals surface area (Å²) in [6.07, 6.45) is 1.34. The Labute approximate surface area is 112 Å². The highest BCUT2D eigenvalue weighted by Gasteiger charge is 2.30. The van der Waals surface area contributed by atoms with Crippen molar-refractivity contribution in [3.63, 3.8) is 0 Å². The van der Waals surface area contributed by atoms with Crippen LogP contribution in [0.5, 0.6) is 5.75 Å². The first-order valence-electron chi connectivity index (χ1n) is 6.35. The average molecular weight is 269 g/mol. The van der Waals surface area contributed by atoms with Crippen LogP contribution in [0, 0.1) is 5.82 Å². The summed E-state index contributed by atoms with van der Waals surface area (Å²) in [5.74, 6) is -0.612. The van der Waals surface area contributed by atoms with Gasteiger partial charge in [0.05, 0.1) is 0 Å². The van der Waals surface area contributed by atoms with E-state index in [9.17, 15) is 9.18 Å². The zero-order valence-electron chi connectivity index (χ0n) is 11.3. The minimum absolute atomic E-state index is 0.313. The summed E-state index contributed by atoms with van der Waals surface area (Å²) in [4.78, 5) is 11.2. The highest BCUT2D eigenvalue weighted by Crippen LogP contribution is 2.13. The largest absolute Gasteiger partial charge is 0.492 e. The molecule has 0 amide bonds. The van der Waals surface area contributed by atoms with Gasteiger partial charge in [0.2, 0.25) is 0 Å². The molecule has 2 N–H and O–H groups in total. The zero-order valence-corrected chi connectivity index (χ0v) is 11.3. The van der Waals surface area contributed by atoms with Gasteiger partial charge in [0.15, 0.2) is 0 Å². The van der Waals surface area contributed by atoms with Crippen molar-refractivity contribution in [3.05, 3.63) is 30.1 Å². The second-order valence-electron chi connectivity index (χ2n) is 4.62. The predicted octanol–water partition coefficient (Wildman–Crippen LogP) is 2.44. The zero-order chi connectivity index (χ0) is 14.3. The Bertz CT molecular complexity index is 408. The highest BCUT2D eigenvalue weighted by molar-refractivity contribution is 5.78. The van der Waals surface area contributed by atoms with Crippen molar-refractivity contribution in [2.75, 3.05) is 13.2 Å². The Morgan fingerprint density at radius 2 is 2.05 bits per heavy atom. The van der Waals surface area contributed by atoms with Gasteiger partial charge in [0.25, 0.3) is 0 Å². The third-order valence-electron chi connectivity index (χ3n) is 2.92. The summed E-state index contributed by atoms with van der Waals surface area (Å²) in [6.45, 7) is 4.35. The maximum Gasteiger partial charge on any atom is 0.323 e. The molecular formula is C14H20FNO3. The number of rotatable bonds is 8. The lowest BCUT2D eigenvalue weighted by Crippen LogP contribution is -2.50. The molecular weight excluding hydrogens is 249 g/mol. The van der Waals surface area contributed by atoms with E-state index in [1.165, 1.54) is 24.3 Å². The van der Waals surface area contributed by atoms with E-state index >= 15 is 0 Å². The predicted molar refractivity (Wildman–Crippen MR) is 70.8 cm³/mol. The van der Waals surface area contributed by atoms with Gasteiger partial charge in [0, 0.05) is 6.54 Å². The first-order chi connectivity index (χ1) is 8.98. The van der Waals surface area contributed by atoms with Crippen molar-refractivity contribution in [3.8, 4) is 5.75 Å². The highest BCUT2D eigenvalue weighted by atomic mass is 19.1. The van der Waals surface area contributed by atoms with Crippen molar-refractivity contribution in [1.82, 2.24) is 5.32 Å². The van der Waals surface area contributed by atoms with Crippen LogP contribution in [0.15, 0.2) is 24.3 Å². The van der Waals surface area contributed by atoms with Crippen LogP contribution in [0.25, 0.3) is 0 Å². The van der Waals surface area contributed by atoms with Crippen molar-refractivity contribution in [2.45, 2.75) is 32.2 Å². The molecule has 0 aromatic heterocycles. The van der Waals surface area contributed by atoms with Gasteiger partial charge in [-0.2, -0.15) is 0 Å². The minimum Gasteiger partial charge on any atom is -0.492 e. The average Bonchev–Trinajstić information content (AvgIpc) is 2.37. The van der Waals surface area contributed by atoms with Gasteiger partial charge in [-0.1, -0.05) is 13.3 Å². The van der Waals surface area contributed by atoms with Gasteiger partial charge >= 0.3 is 5.97 Å². The van der Waals surface area contributed by atoms with Crippen molar-refractivity contribution in [1.29, 1.82) is 0 Å². The second kappa shape index (κ2) is 7.09. The molecule has 5 heteroatoms. The molecule has 1 unspecified atom stereocenters. The minimum atomic E-state index is -0.930. The summed E-state index contributed by atoms with van der Waals surface area (Å²) in [5, 5.41) is 12.1. The molecule has 0 aliphatic heterocycles. The first-order valence-corrected chi connectivity index (χ1v) is 6.35. The molecule has 0 saturated carbocycles. The van der Waals surface area contributed by atoms with Crippen LogP contribution in [0.2, 0.25) is 0 Å². The lowest BCUT2D eigenvalue weighted by Gasteiger charge is -2.25. The number of aliphatic carboxylic acids is 1. The molecule has 1 atom stereocenters. The fourth-order valence-electron chi connectivity index (χ4n) is 1.80. The fraction of sp³-hybridized carbons (Fsp3) is 0.500. The number of halogens is 1. The lowest BCUT2D eigenvalue weighted by molar-refractivity contribution is -0.144. The summed E-state index contributed by atoms with van der Waals surface area (Å²) in [7, 11) is 0. The Morgan fingerprint density at radius 1 is 1.42 bits per heavy atom. The van der Waals surface area contributed by atoms with E-state index < -0.39 is 11.5 Å². The number of ether oxygens (including phenoxy) is 1. The van der Waals surface area contributed by atoms with Gasteiger partial charge < -0.3 is 9.84 Å². The number of carboxylic acids is 1. The number of benzene rings is 1. The normalized spacial score (nSPS) is 13.8. The van der Waals surface area contributed by atoms with E-state index in [-0.39, 0.29) is 5.82 Å². The van der Waals surface area contributed by atoms with Gasteiger partial charge in [-0.05, 0) is 37.6 Å². The van der Waals surface area contributed by atoms with E-state index in [1.807, 2.05) is 6.92 Å². The van der Waals surface area contributed by atoms with Crippen LogP contribution in [-0.4, -0.2) is 29.8 Å². The van der Waals surface area contributed by atoms with Crippen molar-refractivity contribution >= 4 is 5.97 Å². The molecule has 106 valence electrons. The van der Waals surface area contributed by atoms with Gasteiger partial charge in [0.1, 0.15) is 23.7 Å². The Hall–Kier alpha value is -1.62. The van der Waals surface area contributed by atoms with Crippen LogP contribution >= 0.6 is 0 Å². The van der Waals surface area contributed by atoms with E-state index in [4.69, 9.17) is 9.84 Å².